The van der Waals surface area contributed by atoms with Crippen LogP contribution in [0.3, 0.4) is 0 Å². The third kappa shape index (κ3) is 1.38. The van der Waals surface area contributed by atoms with E-state index in [0.717, 1.165) is 15.9 Å². The minimum Gasteiger partial charge on any atom is -0.443 e. The Hall–Kier alpha value is -1.16. The van der Waals surface area contributed by atoms with Crippen LogP contribution < -0.4 is 0 Å². The van der Waals surface area contributed by atoms with Crippen molar-refractivity contribution < 1.29 is 4.42 Å². The molecule has 0 aliphatic heterocycles. The Labute approximate surface area is 77.6 Å². The summed E-state index contributed by atoms with van der Waals surface area (Å²) in [6, 6.07) is 3.77. The Morgan fingerprint density at radius 3 is 2.75 bits per heavy atom. The summed E-state index contributed by atoms with van der Waals surface area (Å²) in [6.07, 6.45) is 4.78. The lowest BCUT2D eigenvalue weighted by atomic mass is 10.2. The summed E-state index contributed by atoms with van der Waals surface area (Å²) in [5.74, 6) is 0.731. The van der Waals surface area contributed by atoms with Gasteiger partial charge in [0, 0.05) is 11.8 Å². The molecule has 0 aliphatic carbocycles. The maximum absolute atomic E-state index is 5.09. The van der Waals surface area contributed by atoms with Crippen molar-refractivity contribution in [3.05, 3.63) is 35.5 Å². The molecule has 0 amide bonds. The van der Waals surface area contributed by atoms with Crippen molar-refractivity contribution in [1.82, 2.24) is 9.97 Å². The molecule has 2 aromatic heterocycles. The molecule has 60 valence electrons. The average molecular weight is 225 g/mol. The van der Waals surface area contributed by atoms with Gasteiger partial charge in [0.05, 0.1) is 6.20 Å². The van der Waals surface area contributed by atoms with Gasteiger partial charge in [-0.3, -0.25) is 0 Å². The van der Waals surface area contributed by atoms with Crippen molar-refractivity contribution in [2.45, 2.75) is 0 Å². The minimum absolute atomic E-state index is 0.731. The van der Waals surface area contributed by atoms with Crippen LogP contribution in [0.2, 0.25) is 0 Å². The normalized spacial score (nSPS) is 10.1. The van der Waals surface area contributed by atoms with Gasteiger partial charge in [-0.15, -0.1) is 0 Å². The van der Waals surface area contributed by atoms with Gasteiger partial charge in [0.25, 0.3) is 0 Å². The van der Waals surface area contributed by atoms with Gasteiger partial charge in [-0.25, -0.2) is 9.97 Å². The Kier molecular flexibility index (Phi) is 1.91. The van der Waals surface area contributed by atoms with Gasteiger partial charge in [0.2, 0.25) is 0 Å². The van der Waals surface area contributed by atoms with E-state index < -0.39 is 0 Å². The number of halogens is 1. The molecule has 0 unspecified atom stereocenters. The maximum Gasteiger partial charge on any atom is 0.181 e. The van der Waals surface area contributed by atoms with Gasteiger partial charge in [0.15, 0.2) is 12.2 Å². The van der Waals surface area contributed by atoms with Gasteiger partial charge >= 0.3 is 0 Å². The summed E-state index contributed by atoms with van der Waals surface area (Å²) >= 11 is 3.25. The molecule has 0 radical (unpaired) electrons. The first kappa shape index (κ1) is 7.49. The predicted molar refractivity (Wildman–Crippen MR) is 47.4 cm³/mol. The number of hydrogen-bond acceptors (Lipinski definition) is 3. The van der Waals surface area contributed by atoms with E-state index in [0.29, 0.717) is 0 Å². The summed E-state index contributed by atoms with van der Waals surface area (Å²) in [6.45, 7) is 0. The van der Waals surface area contributed by atoms with Crippen LogP contribution in [-0.4, -0.2) is 9.97 Å². The number of oxazole rings is 1. The molecule has 0 aliphatic rings. The molecule has 0 saturated carbocycles. The second-order valence-electron chi connectivity index (χ2n) is 2.24. The van der Waals surface area contributed by atoms with Gasteiger partial charge in [0.1, 0.15) is 4.60 Å². The maximum atomic E-state index is 5.09. The summed E-state index contributed by atoms with van der Waals surface area (Å²) in [4.78, 5) is 7.88. The van der Waals surface area contributed by atoms with E-state index in [-0.39, 0.29) is 0 Å². The molecular formula is C8H5BrN2O. The number of rotatable bonds is 1. The van der Waals surface area contributed by atoms with Crippen molar-refractivity contribution in [3.63, 3.8) is 0 Å². The molecule has 2 aromatic rings. The molecule has 3 nitrogen and oxygen atoms in total. The third-order valence-electron chi connectivity index (χ3n) is 1.44. The zero-order chi connectivity index (χ0) is 8.39. The first-order valence-electron chi connectivity index (χ1n) is 3.37. The van der Waals surface area contributed by atoms with Crippen molar-refractivity contribution in [2.24, 2.45) is 0 Å². The minimum atomic E-state index is 0.731. The van der Waals surface area contributed by atoms with Crippen LogP contribution in [0.4, 0.5) is 0 Å². The van der Waals surface area contributed by atoms with Gasteiger partial charge in [-0.05, 0) is 28.1 Å². The van der Waals surface area contributed by atoms with Gasteiger partial charge in [-0.2, -0.15) is 0 Å². The standard InChI is InChI=1S/C8H5BrN2O/c9-8-2-1-6(3-11-8)7-4-10-5-12-7/h1-5H. The zero-order valence-electron chi connectivity index (χ0n) is 6.07. The monoisotopic (exact) mass is 224 g/mol. The first-order chi connectivity index (χ1) is 5.86. The highest BCUT2D eigenvalue weighted by atomic mass is 79.9. The zero-order valence-corrected chi connectivity index (χ0v) is 7.65. The highest BCUT2D eigenvalue weighted by Crippen LogP contribution is 2.18. The highest BCUT2D eigenvalue weighted by molar-refractivity contribution is 9.10. The molecule has 0 fully saturated rings. The Bertz CT molecular complexity index is 355. The van der Waals surface area contributed by atoms with Crippen LogP contribution in [0, 0.1) is 0 Å². The lowest BCUT2D eigenvalue weighted by Crippen LogP contribution is -1.77. The molecule has 2 rings (SSSR count). The van der Waals surface area contributed by atoms with Gasteiger partial charge < -0.3 is 4.42 Å². The van der Waals surface area contributed by atoms with Crippen LogP contribution in [0.25, 0.3) is 11.3 Å². The summed E-state index contributed by atoms with van der Waals surface area (Å²) in [7, 11) is 0. The van der Waals surface area contributed by atoms with Crippen molar-refractivity contribution in [2.75, 3.05) is 0 Å². The van der Waals surface area contributed by atoms with Crippen molar-refractivity contribution in [1.29, 1.82) is 0 Å². The Morgan fingerprint density at radius 2 is 2.17 bits per heavy atom. The van der Waals surface area contributed by atoms with E-state index in [1.807, 2.05) is 12.1 Å². The highest BCUT2D eigenvalue weighted by Gasteiger charge is 1.99. The van der Waals surface area contributed by atoms with Crippen molar-refractivity contribution in [3.8, 4) is 11.3 Å². The lowest BCUT2D eigenvalue weighted by Gasteiger charge is -1.93. The van der Waals surface area contributed by atoms with Gasteiger partial charge in [-0.1, -0.05) is 0 Å². The van der Waals surface area contributed by atoms with E-state index in [9.17, 15) is 0 Å². The van der Waals surface area contributed by atoms with Crippen LogP contribution in [0.1, 0.15) is 0 Å². The van der Waals surface area contributed by atoms with Crippen LogP contribution >= 0.6 is 15.9 Å². The number of hydrogen-bond donors (Lipinski definition) is 0. The molecule has 0 bridgehead atoms. The van der Waals surface area contributed by atoms with Crippen LogP contribution in [0.5, 0.6) is 0 Å². The van der Waals surface area contributed by atoms with E-state index in [1.165, 1.54) is 6.39 Å². The summed E-state index contributed by atoms with van der Waals surface area (Å²) < 4.78 is 5.90. The van der Waals surface area contributed by atoms with Crippen molar-refractivity contribution >= 4 is 15.9 Å². The lowest BCUT2D eigenvalue weighted by molar-refractivity contribution is 0.571. The average Bonchev–Trinajstić information content (AvgIpc) is 2.58. The summed E-state index contributed by atoms with van der Waals surface area (Å²) in [5.41, 5.74) is 0.927. The molecule has 2 heterocycles. The molecular weight excluding hydrogens is 220 g/mol. The topological polar surface area (TPSA) is 38.9 Å². The van der Waals surface area contributed by atoms with E-state index in [4.69, 9.17) is 4.42 Å². The predicted octanol–water partition coefficient (Wildman–Crippen LogP) is 2.50. The molecule has 0 N–H and O–H groups in total. The number of aromatic nitrogens is 2. The van der Waals surface area contributed by atoms with Crippen LogP contribution in [0.15, 0.2) is 39.9 Å². The second kappa shape index (κ2) is 3.06. The summed E-state index contributed by atoms with van der Waals surface area (Å²) in [5, 5.41) is 0. The van der Waals surface area contributed by atoms with E-state index >= 15 is 0 Å². The SMILES string of the molecule is Brc1ccc(-c2cnco2)cn1. The quantitative estimate of drug-likeness (QED) is 0.700. The molecule has 0 spiro atoms. The fraction of sp³-hybridized carbons (Fsp3) is 0. The number of nitrogens with zero attached hydrogens (tertiary/aromatic N) is 2. The second-order valence-corrected chi connectivity index (χ2v) is 3.05. The smallest absolute Gasteiger partial charge is 0.181 e. The Morgan fingerprint density at radius 1 is 1.25 bits per heavy atom. The third-order valence-corrected chi connectivity index (χ3v) is 1.91. The first-order valence-corrected chi connectivity index (χ1v) is 4.16. The molecule has 12 heavy (non-hydrogen) atoms. The molecule has 4 heteroatoms. The fourth-order valence-corrected chi connectivity index (χ4v) is 1.11. The molecule has 0 saturated heterocycles. The molecule has 0 atom stereocenters. The largest absolute Gasteiger partial charge is 0.443 e. The fourth-order valence-electron chi connectivity index (χ4n) is 0.880. The number of pyridine rings is 1. The van der Waals surface area contributed by atoms with E-state index in [1.54, 1.807) is 12.4 Å². The molecule has 0 aromatic carbocycles. The Balaban J connectivity index is 2.43. The van der Waals surface area contributed by atoms with E-state index in [2.05, 4.69) is 25.9 Å². The van der Waals surface area contributed by atoms with Crippen LogP contribution in [-0.2, 0) is 0 Å².